The largest absolute Gasteiger partial charge is 0.480 e. The summed E-state index contributed by atoms with van der Waals surface area (Å²) < 4.78 is 1.82. The number of nitrogens with zero attached hydrogens (tertiary/aromatic N) is 1. The lowest BCUT2D eigenvalue weighted by Crippen LogP contribution is -2.24. The van der Waals surface area contributed by atoms with Crippen molar-refractivity contribution in [3.63, 3.8) is 0 Å². The molecule has 0 aliphatic heterocycles. The van der Waals surface area contributed by atoms with E-state index in [1.165, 1.54) is 0 Å². The van der Waals surface area contributed by atoms with E-state index in [9.17, 15) is 9.90 Å². The van der Waals surface area contributed by atoms with E-state index in [2.05, 4.69) is 0 Å². The van der Waals surface area contributed by atoms with E-state index in [1.54, 1.807) is 0 Å². The van der Waals surface area contributed by atoms with Crippen LogP contribution in [0.5, 0.6) is 0 Å². The summed E-state index contributed by atoms with van der Waals surface area (Å²) in [7, 11) is 0. The maximum atomic E-state index is 11.2. The average Bonchev–Trinajstić information content (AvgIpc) is 2.46. The van der Waals surface area contributed by atoms with E-state index in [0.717, 1.165) is 17.5 Å². The molecule has 1 aromatic heterocycles. The van der Waals surface area contributed by atoms with Gasteiger partial charge < -0.3 is 9.67 Å². The Kier molecular flexibility index (Phi) is 3.56. The van der Waals surface area contributed by atoms with E-state index in [1.807, 2.05) is 44.7 Å². The summed E-state index contributed by atoms with van der Waals surface area (Å²) in [4.78, 5) is 11.2. The third kappa shape index (κ3) is 2.41. The fourth-order valence-corrected chi connectivity index (χ4v) is 1.74. The highest BCUT2D eigenvalue weighted by atomic mass is 16.4. The van der Waals surface area contributed by atoms with E-state index in [4.69, 9.17) is 0 Å². The molecule has 1 N–H and O–H groups in total. The van der Waals surface area contributed by atoms with Crippen molar-refractivity contribution >= 4 is 5.97 Å². The molecule has 2 unspecified atom stereocenters. The minimum Gasteiger partial charge on any atom is -0.480 e. The van der Waals surface area contributed by atoms with Crippen molar-refractivity contribution in [2.24, 2.45) is 5.92 Å². The van der Waals surface area contributed by atoms with Crippen LogP contribution in [0.2, 0.25) is 0 Å². The van der Waals surface area contributed by atoms with Crippen LogP contribution in [0.1, 0.15) is 37.4 Å². The fraction of sp³-hybridized carbons (Fsp3) is 0.583. The molecule has 84 valence electrons. The molecule has 0 saturated heterocycles. The summed E-state index contributed by atoms with van der Waals surface area (Å²) in [5.74, 6) is -0.604. The first-order chi connectivity index (χ1) is 6.97. The number of rotatable bonds is 4. The molecular weight excluding hydrogens is 190 g/mol. The first-order valence-electron chi connectivity index (χ1n) is 5.34. The van der Waals surface area contributed by atoms with Crippen molar-refractivity contribution in [2.45, 2.75) is 40.2 Å². The van der Waals surface area contributed by atoms with Gasteiger partial charge in [-0.1, -0.05) is 20.3 Å². The zero-order valence-electron chi connectivity index (χ0n) is 9.82. The molecule has 0 aliphatic carbocycles. The molecule has 0 amide bonds. The third-order valence-electron chi connectivity index (χ3n) is 3.06. The van der Waals surface area contributed by atoms with Gasteiger partial charge in [0.15, 0.2) is 0 Å². The molecule has 0 aliphatic rings. The zero-order chi connectivity index (χ0) is 11.6. The van der Waals surface area contributed by atoms with Crippen molar-refractivity contribution in [3.8, 4) is 0 Å². The van der Waals surface area contributed by atoms with Crippen LogP contribution in [0.4, 0.5) is 0 Å². The van der Waals surface area contributed by atoms with Gasteiger partial charge in [-0.25, -0.2) is 4.79 Å². The maximum absolute atomic E-state index is 11.2. The van der Waals surface area contributed by atoms with Crippen LogP contribution in [0.15, 0.2) is 12.4 Å². The Labute approximate surface area is 90.7 Å². The second-order valence-electron chi connectivity index (χ2n) is 4.24. The summed E-state index contributed by atoms with van der Waals surface area (Å²) >= 11 is 0. The molecule has 0 spiro atoms. The number of aliphatic carboxylic acids is 1. The van der Waals surface area contributed by atoms with Gasteiger partial charge in [0.2, 0.25) is 0 Å². The van der Waals surface area contributed by atoms with Gasteiger partial charge >= 0.3 is 5.97 Å². The summed E-state index contributed by atoms with van der Waals surface area (Å²) in [6.07, 6.45) is 4.70. The molecular formula is C12H19NO2. The molecule has 2 atom stereocenters. The van der Waals surface area contributed by atoms with E-state index < -0.39 is 12.0 Å². The van der Waals surface area contributed by atoms with Crippen molar-refractivity contribution in [1.29, 1.82) is 0 Å². The minimum atomic E-state index is -0.751. The molecule has 0 fully saturated rings. The van der Waals surface area contributed by atoms with Crippen molar-refractivity contribution in [3.05, 3.63) is 23.5 Å². The number of carboxylic acid groups (broad SMARTS) is 1. The van der Waals surface area contributed by atoms with Crippen molar-refractivity contribution in [1.82, 2.24) is 4.57 Å². The number of hydrogen-bond donors (Lipinski definition) is 1. The number of aromatic nitrogens is 1. The Hall–Kier alpha value is -1.25. The van der Waals surface area contributed by atoms with Crippen molar-refractivity contribution < 1.29 is 9.90 Å². The molecule has 0 aromatic carbocycles. The van der Waals surface area contributed by atoms with Crippen molar-refractivity contribution in [2.75, 3.05) is 0 Å². The van der Waals surface area contributed by atoms with E-state index in [-0.39, 0.29) is 5.92 Å². The Bertz CT molecular complexity index is 335. The lowest BCUT2D eigenvalue weighted by atomic mass is 9.99. The summed E-state index contributed by atoms with van der Waals surface area (Å²) in [6.45, 7) is 8.00. The molecule has 1 heterocycles. The van der Waals surface area contributed by atoms with Gasteiger partial charge in [0.05, 0.1) is 0 Å². The fourth-order valence-electron chi connectivity index (χ4n) is 1.74. The molecule has 0 bridgehead atoms. The van der Waals surface area contributed by atoms with Crippen LogP contribution >= 0.6 is 0 Å². The molecule has 15 heavy (non-hydrogen) atoms. The Morgan fingerprint density at radius 3 is 2.20 bits per heavy atom. The van der Waals surface area contributed by atoms with Crippen LogP contribution in [-0.2, 0) is 4.79 Å². The molecule has 0 radical (unpaired) electrons. The summed E-state index contributed by atoms with van der Waals surface area (Å²) in [6, 6.07) is -0.442. The topological polar surface area (TPSA) is 42.2 Å². The SMILES string of the molecule is CCC(C)C(C(=O)O)n1cc(C)c(C)c1. The normalized spacial score (nSPS) is 14.9. The molecule has 3 heteroatoms. The van der Waals surface area contributed by atoms with Gasteiger partial charge in [0, 0.05) is 12.4 Å². The van der Waals surface area contributed by atoms with Gasteiger partial charge in [-0.15, -0.1) is 0 Å². The molecule has 1 rings (SSSR count). The van der Waals surface area contributed by atoms with E-state index in [0.29, 0.717) is 0 Å². The summed E-state index contributed by atoms with van der Waals surface area (Å²) in [5.41, 5.74) is 2.29. The third-order valence-corrected chi connectivity index (χ3v) is 3.06. The second kappa shape index (κ2) is 4.51. The standard InChI is InChI=1S/C12H19NO2/c1-5-8(2)11(12(14)15)13-6-9(3)10(4)7-13/h6-8,11H,5H2,1-4H3,(H,14,15). The van der Waals surface area contributed by atoms with E-state index >= 15 is 0 Å². The Balaban J connectivity index is 3.04. The number of carboxylic acids is 1. The van der Waals surface area contributed by atoms with Gasteiger partial charge in [-0.3, -0.25) is 0 Å². The number of hydrogen-bond acceptors (Lipinski definition) is 1. The maximum Gasteiger partial charge on any atom is 0.326 e. The van der Waals surface area contributed by atoms with Crippen LogP contribution in [0.25, 0.3) is 0 Å². The predicted molar refractivity (Wildman–Crippen MR) is 60.0 cm³/mol. The molecule has 1 aromatic rings. The van der Waals surface area contributed by atoms with Gasteiger partial charge in [0.25, 0.3) is 0 Å². The first-order valence-corrected chi connectivity index (χ1v) is 5.34. The highest BCUT2D eigenvalue weighted by molar-refractivity contribution is 5.72. The summed E-state index contributed by atoms with van der Waals surface area (Å²) in [5, 5.41) is 9.21. The highest BCUT2D eigenvalue weighted by Crippen LogP contribution is 2.23. The lowest BCUT2D eigenvalue weighted by Gasteiger charge is -2.20. The molecule has 0 saturated carbocycles. The average molecular weight is 209 g/mol. The molecule has 3 nitrogen and oxygen atoms in total. The van der Waals surface area contributed by atoms with Gasteiger partial charge in [0.1, 0.15) is 6.04 Å². The Morgan fingerprint density at radius 1 is 1.40 bits per heavy atom. The number of carbonyl (C=O) groups is 1. The van der Waals surface area contributed by atoms with Gasteiger partial charge in [-0.05, 0) is 30.9 Å². The minimum absolute atomic E-state index is 0.147. The van der Waals surface area contributed by atoms with Crippen LogP contribution < -0.4 is 0 Å². The van der Waals surface area contributed by atoms with Crippen LogP contribution in [0.3, 0.4) is 0 Å². The smallest absolute Gasteiger partial charge is 0.326 e. The quantitative estimate of drug-likeness (QED) is 0.828. The lowest BCUT2D eigenvalue weighted by molar-refractivity contribution is -0.142. The Morgan fingerprint density at radius 2 is 1.87 bits per heavy atom. The van der Waals surface area contributed by atoms with Crippen LogP contribution in [0, 0.1) is 19.8 Å². The predicted octanol–water partition coefficient (Wildman–Crippen LogP) is 2.78. The second-order valence-corrected chi connectivity index (χ2v) is 4.24. The monoisotopic (exact) mass is 209 g/mol. The highest BCUT2D eigenvalue weighted by Gasteiger charge is 2.25. The zero-order valence-corrected chi connectivity index (χ0v) is 9.82. The first kappa shape index (κ1) is 11.8. The van der Waals surface area contributed by atoms with Crippen LogP contribution in [-0.4, -0.2) is 15.6 Å². The number of aryl methyl sites for hydroxylation is 2. The van der Waals surface area contributed by atoms with Gasteiger partial charge in [-0.2, -0.15) is 0 Å².